The molecule has 3 N–H and O–H groups in total. The predicted octanol–water partition coefficient (Wildman–Crippen LogP) is 0.323. The third kappa shape index (κ3) is 4.21. The molecule has 1 saturated heterocycles. The first-order chi connectivity index (χ1) is 9.90. The second kappa shape index (κ2) is 6.80. The van der Waals surface area contributed by atoms with Crippen LogP contribution in [0.1, 0.15) is 11.1 Å². The number of rotatable bonds is 5. The van der Waals surface area contributed by atoms with Crippen LogP contribution < -0.4 is 10.5 Å². The van der Waals surface area contributed by atoms with E-state index in [-0.39, 0.29) is 22.5 Å². The topological polar surface area (TPSA) is 90.7 Å². The number of benzene rings is 1. The maximum atomic E-state index is 12.3. The van der Waals surface area contributed by atoms with Crippen molar-refractivity contribution in [3.8, 4) is 0 Å². The van der Waals surface area contributed by atoms with Crippen LogP contribution >= 0.6 is 12.2 Å². The third-order valence-electron chi connectivity index (χ3n) is 3.13. The van der Waals surface area contributed by atoms with Crippen molar-refractivity contribution in [1.82, 2.24) is 4.72 Å². The highest BCUT2D eigenvalue weighted by molar-refractivity contribution is 7.89. The highest BCUT2D eigenvalue weighted by Gasteiger charge is 2.21. The highest BCUT2D eigenvalue weighted by Crippen LogP contribution is 2.17. The van der Waals surface area contributed by atoms with E-state index in [0.717, 1.165) is 0 Å². The van der Waals surface area contributed by atoms with Gasteiger partial charge in [-0.1, -0.05) is 18.3 Å². The molecule has 2 rings (SSSR count). The van der Waals surface area contributed by atoms with Gasteiger partial charge in [-0.05, 0) is 24.6 Å². The molecule has 8 heteroatoms. The molecule has 1 fully saturated rings. The number of hydrogen-bond donors (Lipinski definition) is 2. The van der Waals surface area contributed by atoms with Gasteiger partial charge in [0.05, 0.1) is 30.8 Å². The third-order valence-corrected chi connectivity index (χ3v) is 4.95. The molecule has 0 amide bonds. The Morgan fingerprint density at radius 1 is 1.48 bits per heavy atom. The number of nitrogens with one attached hydrogen (secondary N) is 1. The maximum Gasteiger partial charge on any atom is 0.240 e. The van der Waals surface area contributed by atoms with Gasteiger partial charge in [0, 0.05) is 12.1 Å². The summed E-state index contributed by atoms with van der Waals surface area (Å²) in [6, 6.07) is 4.77. The highest BCUT2D eigenvalue weighted by atomic mass is 32.2. The standard InChI is InChI=1S/C13H18N2O4S2/c1-9-6-10(13(14)20)2-3-12(9)21(16,17)15-7-11-8-18-4-5-19-11/h2-3,6,11,15H,4-5,7-8H2,1H3,(H2,14,20). The number of thiocarbonyl (C=S) groups is 1. The number of sulfonamides is 1. The molecule has 116 valence electrons. The lowest BCUT2D eigenvalue weighted by Crippen LogP contribution is -2.39. The molecule has 21 heavy (non-hydrogen) atoms. The van der Waals surface area contributed by atoms with Crippen LogP contribution in [0.2, 0.25) is 0 Å². The van der Waals surface area contributed by atoms with Crippen molar-refractivity contribution in [3.05, 3.63) is 29.3 Å². The summed E-state index contributed by atoms with van der Waals surface area (Å²) in [4.78, 5) is 0.446. The number of ether oxygens (including phenoxy) is 2. The molecule has 0 aliphatic carbocycles. The summed E-state index contributed by atoms with van der Waals surface area (Å²) in [5.41, 5.74) is 6.77. The van der Waals surface area contributed by atoms with E-state index in [1.807, 2.05) is 0 Å². The van der Waals surface area contributed by atoms with Gasteiger partial charge in [0.2, 0.25) is 10.0 Å². The molecule has 0 spiro atoms. The van der Waals surface area contributed by atoms with Gasteiger partial charge >= 0.3 is 0 Å². The first kappa shape index (κ1) is 16.3. The van der Waals surface area contributed by atoms with Crippen molar-refractivity contribution in [2.45, 2.75) is 17.9 Å². The molecule has 1 unspecified atom stereocenters. The Morgan fingerprint density at radius 3 is 2.81 bits per heavy atom. The number of aryl methyl sites for hydroxylation is 1. The predicted molar refractivity (Wildman–Crippen MR) is 82.8 cm³/mol. The Hall–Kier alpha value is -1.06. The van der Waals surface area contributed by atoms with E-state index in [9.17, 15) is 8.42 Å². The van der Waals surface area contributed by atoms with Gasteiger partial charge in [0.15, 0.2) is 0 Å². The van der Waals surface area contributed by atoms with E-state index >= 15 is 0 Å². The minimum Gasteiger partial charge on any atom is -0.389 e. The van der Waals surface area contributed by atoms with Crippen LogP contribution in [0, 0.1) is 6.92 Å². The zero-order valence-corrected chi connectivity index (χ0v) is 13.3. The van der Waals surface area contributed by atoms with Crippen molar-refractivity contribution in [2.75, 3.05) is 26.4 Å². The summed E-state index contributed by atoms with van der Waals surface area (Å²) in [5, 5.41) is 0. The molecule has 1 aromatic rings. The Balaban J connectivity index is 2.10. The van der Waals surface area contributed by atoms with Crippen LogP contribution in [-0.2, 0) is 19.5 Å². The van der Waals surface area contributed by atoms with E-state index in [4.69, 9.17) is 27.4 Å². The van der Waals surface area contributed by atoms with Gasteiger partial charge in [-0.15, -0.1) is 0 Å². The first-order valence-electron chi connectivity index (χ1n) is 6.49. The van der Waals surface area contributed by atoms with Crippen LogP contribution in [0.5, 0.6) is 0 Å². The van der Waals surface area contributed by atoms with Gasteiger partial charge in [0.1, 0.15) is 4.99 Å². The maximum absolute atomic E-state index is 12.3. The first-order valence-corrected chi connectivity index (χ1v) is 8.39. The largest absolute Gasteiger partial charge is 0.389 e. The summed E-state index contributed by atoms with van der Waals surface area (Å²) in [5.74, 6) is 0. The molecule has 0 saturated carbocycles. The Bertz CT molecular complexity index is 625. The van der Waals surface area contributed by atoms with Crippen LogP contribution in [0.3, 0.4) is 0 Å². The zero-order valence-electron chi connectivity index (χ0n) is 11.7. The fraction of sp³-hybridized carbons (Fsp3) is 0.462. The zero-order chi connectivity index (χ0) is 15.5. The summed E-state index contributed by atoms with van der Waals surface area (Å²) >= 11 is 4.88. The van der Waals surface area contributed by atoms with Gasteiger partial charge < -0.3 is 15.2 Å². The Kier molecular flexibility index (Phi) is 5.28. The average Bonchev–Trinajstić information content (AvgIpc) is 2.46. The van der Waals surface area contributed by atoms with Crippen LogP contribution in [0.25, 0.3) is 0 Å². The lowest BCUT2D eigenvalue weighted by atomic mass is 10.1. The minimum absolute atomic E-state index is 0.179. The summed E-state index contributed by atoms with van der Waals surface area (Å²) in [7, 11) is -3.60. The molecular weight excluding hydrogens is 312 g/mol. The normalized spacial score (nSPS) is 19.4. The second-order valence-corrected chi connectivity index (χ2v) is 6.94. The molecule has 1 heterocycles. The number of nitrogens with two attached hydrogens (primary N) is 1. The molecule has 6 nitrogen and oxygen atoms in total. The molecular formula is C13H18N2O4S2. The summed E-state index contributed by atoms with van der Waals surface area (Å²) < 4.78 is 37.8. The molecule has 0 aromatic heterocycles. The smallest absolute Gasteiger partial charge is 0.240 e. The van der Waals surface area contributed by atoms with E-state index in [1.165, 1.54) is 6.07 Å². The van der Waals surface area contributed by atoms with Crippen LogP contribution in [0.15, 0.2) is 23.1 Å². The molecule has 0 bridgehead atoms. The van der Waals surface area contributed by atoms with Crippen molar-refractivity contribution in [1.29, 1.82) is 0 Å². The van der Waals surface area contributed by atoms with Gasteiger partial charge in [-0.25, -0.2) is 13.1 Å². The van der Waals surface area contributed by atoms with E-state index in [0.29, 0.717) is 30.9 Å². The molecule has 1 aliphatic heterocycles. The van der Waals surface area contributed by atoms with Crippen molar-refractivity contribution in [3.63, 3.8) is 0 Å². The monoisotopic (exact) mass is 330 g/mol. The van der Waals surface area contributed by atoms with Crippen molar-refractivity contribution in [2.24, 2.45) is 5.73 Å². The minimum atomic E-state index is -3.60. The van der Waals surface area contributed by atoms with Crippen LogP contribution in [-0.4, -0.2) is 45.9 Å². The quantitative estimate of drug-likeness (QED) is 0.756. The lowest BCUT2D eigenvalue weighted by Gasteiger charge is -2.23. The van der Waals surface area contributed by atoms with E-state index in [2.05, 4.69) is 4.72 Å². The Labute approximate surface area is 129 Å². The fourth-order valence-corrected chi connectivity index (χ4v) is 3.46. The molecule has 1 aromatic carbocycles. The molecule has 1 atom stereocenters. The number of hydrogen-bond acceptors (Lipinski definition) is 5. The summed E-state index contributed by atoms with van der Waals surface area (Å²) in [6.45, 7) is 3.30. The van der Waals surface area contributed by atoms with Crippen molar-refractivity contribution < 1.29 is 17.9 Å². The van der Waals surface area contributed by atoms with E-state index in [1.54, 1.807) is 19.1 Å². The lowest BCUT2D eigenvalue weighted by molar-refractivity contribution is -0.0846. The average molecular weight is 330 g/mol. The Morgan fingerprint density at radius 2 is 2.24 bits per heavy atom. The van der Waals surface area contributed by atoms with Gasteiger partial charge in [-0.2, -0.15) is 0 Å². The molecule has 1 aliphatic rings. The van der Waals surface area contributed by atoms with Gasteiger partial charge in [-0.3, -0.25) is 0 Å². The van der Waals surface area contributed by atoms with Crippen molar-refractivity contribution >= 4 is 27.2 Å². The van der Waals surface area contributed by atoms with E-state index < -0.39 is 10.0 Å². The molecule has 0 radical (unpaired) electrons. The van der Waals surface area contributed by atoms with Crippen LogP contribution in [0.4, 0.5) is 0 Å². The second-order valence-electron chi connectivity index (χ2n) is 4.76. The fourth-order valence-electron chi connectivity index (χ4n) is 2.04. The summed E-state index contributed by atoms with van der Waals surface area (Å²) in [6.07, 6.45) is -0.260. The van der Waals surface area contributed by atoms with Gasteiger partial charge in [0.25, 0.3) is 0 Å². The SMILES string of the molecule is Cc1cc(C(N)=S)ccc1S(=O)(=O)NCC1COCCO1.